The van der Waals surface area contributed by atoms with Crippen molar-refractivity contribution in [1.82, 2.24) is 4.98 Å². The molecule has 2 aromatic carbocycles. The summed E-state index contributed by atoms with van der Waals surface area (Å²) in [4.78, 5) is 4.58. The van der Waals surface area contributed by atoms with E-state index in [9.17, 15) is 0 Å². The molecule has 2 N–H and O–H groups in total. The zero-order valence-corrected chi connectivity index (χ0v) is 12.3. The number of anilines is 1. The third-order valence-corrected chi connectivity index (χ3v) is 4.45. The van der Waals surface area contributed by atoms with Crippen LogP contribution in [0.25, 0.3) is 20.8 Å². The van der Waals surface area contributed by atoms with Gasteiger partial charge in [-0.1, -0.05) is 27.5 Å². The first kappa shape index (κ1) is 12.0. The Labute approximate surface area is 122 Å². The number of nitrogens with zero attached hydrogens (tertiary/aromatic N) is 1. The van der Waals surface area contributed by atoms with Crippen molar-refractivity contribution in [1.29, 1.82) is 0 Å². The van der Waals surface area contributed by atoms with Crippen LogP contribution in [0.3, 0.4) is 0 Å². The van der Waals surface area contributed by atoms with Crippen LogP contribution in [0.2, 0.25) is 5.02 Å². The lowest BCUT2D eigenvalue weighted by Gasteiger charge is -2.01. The Morgan fingerprint density at radius 1 is 1.17 bits per heavy atom. The summed E-state index contributed by atoms with van der Waals surface area (Å²) in [6, 6.07) is 11.5. The molecule has 0 amide bonds. The minimum absolute atomic E-state index is 0.669. The molecular formula is C13H8BrClN2S. The normalized spacial score (nSPS) is 11.0. The smallest absolute Gasteiger partial charge is 0.126 e. The average Bonchev–Trinajstić information content (AvgIpc) is 2.74. The van der Waals surface area contributed by atoms with E-state index < -0.39 is 0 Å². The van der Waals surface area contributed by atoms with E-state index in [0.717, 1.165) is 25.3 Å². The summed E-state index contributed by atoms with van der Waals surface area (Å²) < 4.78 is 2.17. The van der Waals surface area contributed by atoms with Gasteiger partial charge in [-0.3, -0.25) is 0 Å². The van der Waals surface area contributed by atoms with Crippen molar-refractivity contribution in [2.75, 3.05) is 5.73 Å². The Hall–Kier alpha value is -1.10. The fraction of sp³-hybridized carbons (Fsp3) is 0. The SMILES string of the molecule is Nc1ccc(Cl)c(-c2nc3ccc(Br)cc3s2)c1. The molecule has 0 aliphatic heterocycles. The van der Waals surface area contributed by atoms with Crippen LogP contribution in [0.1, 0.15) is 0 Å². The second kappa shape index (κ2) is 4.53. The molecule has 0 aliphatic carbocycles. The molecule has 0 spiro atoms. The predicted molar refractivity (Wildman–Crippen MR) is 82.2 cm³/mol. The van der Waals surface area contributed by atoms with Crippen molar-refractivity contribution in [3.05, 3.63) is 45.9 Å². The van der Waals surface area contributed by atoms with Crippen LogP contribution in [0.4, 0.5) is 5.69 Å². The van der Waals surface area contributed by atoms with E-state index in [2.05, 4.69) is 27.0 Å². The first-order valence-corrected chi connectivity index (χ1v) is 7.24. The molecule has 3 aromatic rings. The summed E-state index contributed by atoms with van der Waals surface area (Å²) in [5.41, 5.74) is 8.34. The Morgan fingerprint density at radius 3 is 2.83 bits per heavy atom. The number of hydrogen-bond acceptors (Lipinski definition) is 3. The zero-order valence-electron chi connectivity index (χ0n) is 9.15. The van der Waals surface area contributed by atoms with Crippen LogP contribution < -0.4 is 5.73 Å². The molecule has 0 bridgehead atoms. The standard InChI is InChI=1S/C13H8BrClN2S/c14-7-1-4-11-12(5-7)18-13(17-11)9-6-8(16)2-3-10(9)15/h1-6H,16H2. The lowest BCUT2D eigenvalue weighted by atomic mass is 10.2. The van der Waals surface area contributed by atoms with Crippen molar-refractivity contribution in [2.24, 2.45) is 0 Å². The molecule has 0 aliphatic rings. The van der Waals surface area contributed by atoms with Crippen LogP contribution in [0, 0.1) is 0 Å². The summed E-state index contributed by atoms with van der Waals surface area (Å²) in [7, 11) is 0. The lowest BCUT2D eigenvalue weighted by Crippen LogP contribution is -1.86. The van der Waals surface area contributed by atoms with Gasteiger partial charge in [-0.25, -0.2) is 4.98 Å². The molecule has 0 saturated carbocycles. The topological polar surface area (TPSA) is 38.9 Å². The number of benzene rings is 2. The van der Waals surface area contributed by atoms with E-state index in [1.54, 1.807) is 23.5 Å². The fourth-order valence-corrected chi connectivity index (χ4v) is 3.53. The van der Waals surface area contributed by atoms with Crippen molar-refractivity contribution < 1.29 is 0 Å². The largest absolute Gasteiger partial charge is 0.399 e. The minimum atomic E-state index is 0.669. The minimum Gasteiger partial charge on any atom is -0.399 e. The molecule has 90 valence electrons. The van der Waals surface area contributed by atoms with Gasteiger partial charge in [-0.15, -0.1) is 11.3 Å². The highest BCUT2D eigenvalue weighted by Gasteiger charge is 2.10. The van der Waals surface area contributed by atoms with E-state index in [4.69, 9.17) is 17.3 Å². The number of hydrogen-bond donors (Lipinski definition) is 1. The van der Waals surface area contributed by atoms with E-state index in [1.807, 2.05) is 18.2 Å². The Kier molecular flexibility index (Phi) is 3.01. The van der Waals surface area contributed by atoms with E-state index in [-0.39, 0.29) is 0 Å². The van der Waals surface area contributed by atoms with Crippen molar-refractivity contribution >= 4 is 54.8 Å². The van der Waals surface area contributed by atoms with Crippen LogP contribution in [-0.2, 0) is 0 Å². The van der Waals surface area contributed by atoms with Gasteiger partial charge in [0.15, 0.2) is 0 Å². The number of thiazole rings is 1. The Balaban J connectivity index is 2.22. The van der Waals surface area contributed by atoms with Crippen LogP contribution >= 0.6 is 38.9 Å². The molecule has 0 atom stereocenters. The molecule has 0 saturated heterocycles. The van der Waals surface area contributed by atoms with Gasteiger partial charge in [0.05, 0.1) is 15.2 Å². The summed E-state index contributed by atoms with van der Waals surface area (Å²) in [5.74, 6) is 0. The first-order valence-electron chi connectivity index (χ1n) is 5.25. The monoisotopic (exact) mass is 338 g/mol. The second-order valence-electron chi connectivity index (χ2n) is 3.87. The molecule has 3 rings (SSSR count). The fourth-order valence-electron chi connectivity index (χ4n) is 1.72. The third kappa shape index (κ3) is 2.11. The zero-order chi connectivity index (χ0) is 12.7. The molecule has 5 heteroatoms. The van der Waals surface area contributed by atoms with Gasteiger partial charge in [0.25, 0.3) is 0 Å². The molecule has 2 nitrogen and oxygen atoms in total. The molecule has 0 fully saturated rings. The van der Waals surface area contributed by atoms with Gasteiger partial charge in [-0.2, -0.15) is 0 Å². The van der Waals surface area contributed by atoms with Gasteiger partial charge in [0.1, 0.15) is 5.01 Å². The van der Waals surface area contributed by atoms with Gasteiger partial charge >= 0.3 is 0 Å². The van der Waals surface area contributed by atoms with Gasteiger partial charge < -0.3 is 5.73 Å². The average molecular weight is 340 g/mol. The lowest BCUT2D eigenvalue weighted by molar-refractivity contribution is 1.47. The Bertz CT molecular complexity index is 739. The maximum absolute atomic E-state index is 6.19. The highest BCUT2D eigenvalue weighted by atomic mass is 79.9. The van der Waals surface area contributed by atoms with Crippen LogP contribution in [0.5, 0.6) is 0 Å². The highest BCUT2D eigenvalue weighted by Crippen LogP contribution is 2.36. The molecule has 1 aromatic heterocycles. The van der Waals surface area contributed by atoms with Crippen LogP contribution in [-0.4, -0.2) is 4.98 Å². The van der Waals surface area contributed by atoms with E-state index in [1.165, 1.54) is 0 Å². The quantitative estimate of drug-likeness (QED) is 0.636. The third-order valence-electron chi connectivity index (χ3n) is 2.57. The number of fused-ring (bicyclic) bond motifs is 1. The maximum Gasteiger partial charge on any atom is 0.126 e. The summed E-state index contributed by atoms with van der Waals surface area (Å²) in [5, 5.41) is 1.56. The second-order valence-corrected chi connectivity index (χ2v) is 6.22. The molecule has 0 radical (unpaired) electrons. The maximum atomic E-state index is 6.19. The van der Waals surface area contributed by atoms with Crippen molar-refractivity contribution in [2.45, 2.75) is 0 Å². The van der Waals surface area contributed by atoms with Crippen molar-refractivity contribution in [3.8, 4) is 10.6 Å². The summed E-state index contributed by atoms with van der Waals surface area (Å²) >= 11 is 11.3. The van der Waals surface area contributed by atoms with Gasteiger partial charge in [0.2, 0.25) is 0 Å². The number of aromatic nitrogens is 1. The van der Waals surface area contributed by atoms with E-state index in [0.29, 0.717) is 10.7 Å². The first-order chi connectivity index (χ1) is 8.63. The summed E-state index contributed by atoms with van der Waals surface area (Å²) in [6.45, 7) is 0. The summed E-state index contributed by atoms with van der Waals surface area (Å²) in [6.07, 6.45) is 0. The number of rotatable bonds is 1. The van der Waals surface area contributed by atoms with Crippen LogP contribution in [0.15, 0.2) is 40.9 Å². The van der Waals surface area contributed by atoms with E-state index >= 15 is 0 Å². The molecular weight excluding hydrogens is 332 g/mol. The number of halogens is 2. The predicted octanol–water partition coefficient (Wildman–Crippen LogP) is 4.96. The van der Waals surface area contributed by atoms with Gasteiger partial charge in [0, 0.05) is 15.7 Å². The molecule has 18 heavy (non-hydrogen) atoms. The Morgan fingerprint density at radius 2 is 2.00 bits per heavy atom. The molecule has 0 unspecified atom stereocenters. The van der Waals surface area contributed by atoms with Crippen molar-refractivity contribution in [3.63, 3.8) is 0 Å². The number of nitrogens with two attached hydrogens (primary N) is 1. The number of nitrogen functional groups attached to an aromatic ring is 1. The van der Waals surface area contributed by atoms with Gasteiger partial charge in [-0.05, 0) is 36.4 Å². The highest BCUT2D eigenvalue weighted by molar-refractivity contribution is 9.10. The molecule has 1 heterocycles.